The maximum absolute atomic E-state index is 13.0. The molecule has 3 aromatic rings. The van der Waals surface area contributed by atoms with E-state index in [9.17, 15) is 4.79 Å². The summed E-state index contributed by atoms with van der Waals surface area (Å²) >= 11 is 1.60. The van der Waals surface area contributed by atoms with Crippen molar-refractivity contribution in [3.63, 3.8) is 0 Å². The highest BCUT2D eigenvalue weighted by molar-refractivity contribution is 8.00. The Balaban J connectivity index is 1.44. The number of rotatable bonds is 7. The van der Waals surface area contributed by atoms with Gasteiger partial charge in [-0.2, -0.15) is 5.10 Å². The first kappa shape index (κ1) is 20.1. The molecule has 2 fully saturated rings. The van der Waals surface area contributed by atoms with Crippen molar-refractivity contribution < 1.29 is 14.3 Å². The van der Waals surface area contributed by atoms with Crippen LogP contribution in [0.5, 0.6) is 11.6 Å². The first-order valence-corrected chi connectivity index (χ1v) is 11.6. The summed E-state index contributed by atoms with van der Waals surface area (Å²) in [5.74, 6) is 1.12. The molecule has 2 aromatic heterocycles. The van der Waals surface area contributed by atoms with Crippen LogP contribution in [0, 0.1) is 0 Å². The van der Waals surface area contributed by atoms with Gasteiger partial charge in [-0.05, 0) is 62.4 Å². The summed E-state index contributed by atoms with van der Waals surface area (Å²) in [6, 6.07) is 9.50. The van der Waals surface area contributed by atoms with E-state index in [-0.39, 0.29) is 12.0 Å². The predicted octanol–water partition coefficient (Wildman–Crippen LogP) is 3.21. The van der Waals surface area contributed by atoms with Crippen LogP contribution in [-0.4, -0.2) is 58.4 Å². The topological polar surface area (TPSA) is 101 Å². The average Bonchev–Trinajstić information content (AvgIpc) is 3.30. The smallest absolute Gasteiger partial charge is 0.257 e. The number of amides is 1. The van der Waals surface area contributed by atoms with E-state index in [1.807, 2.05) is 36.6 Å². The van der Waals surface area contributed by atoms with Crippen molar-refractivity contribution in [2.24, 2.45) is 0 Å². The van der Waals surface area contributed by atoms with Crippen LogP contribution >= 0.6 is 11.8 Å². The fourth-order valence-electron chi connectivity index (χ4n) is 3.82. The molecule has 5 rings (SSSR count). The Bertz CT molecular complexity index is 1120. The molecule has 0 spiro atoms. The second-order valence-electron chi connectivity index (χ2n) is 7.93. The van der Waals surface area contributed by atoms with Crippen molar-refractivity contribution in [1.29, 1.82) is 0 Å². The number of H-pyrrole nitrogens is 1. The number of aromatic nitrogens is 3. The lowest BCUT2D eigenvalue weighted by atomic mass is 10.1. The van der Waals surface area contributed by atoms with Gasteiger partial charge in [0, 0.05) is 17.6 Å². The third kappa shape index (κ3) is 3.83. The van der Waals surface area contributed by atoms with Crippen LogP contribution in [0.25, 0.3) is 22.3 Å². The molecule has 0 radical (unpaired) electrons. The van der Waals surface area contributed by atoms with E-state index in [4.69, 9.17) is 9.47 Å². The molecule has 1 aromatic carbocycles. The van der Waals surface area contributed by atoms with Gasteiger partial charge in [-0.1, -0.05) is 0 Å². The molecule has 1 aliphatic heterocycles. The first-order valence-electron chi connectivity index (χ1n) is 10.4. The molecule has 8 nitrogen and oxygen atoms in total. The number of thioether (sulfide) groups is 1. The fraction of sp³-hybridized carbons (Fsp3) is 0.409. The first-order chi connectivity index (χ1) is 15.1. The monoisotopic (exact) mass is 439 g/mol. The number of anilines is 1. The summed E-state index contributed by atoms with van der Waals surface area (Å²) in [5, 5.41) is 14.8. The van der Waals surface area contributed by atoms with E-state index in [0.29, 0.717) is 29.6 Å². The van der Waals surface area contributed by atoms with Gasteiger partial charge in [0.05, 0.1) is 24.4 Å². The highest BCUT2D eigenvalue weighted by Gasteiger charge is 2.40. The molecule has 9 heteroatoms. The normalized spacial score (nSPS) is 20.7. The Labute approximate surface area is 184 Å². The summed E-state index contributed by atoms with van der Waals surface area (Å²) in [4.78, 5) is 17.6. The van der Waals surface area contributed by atoms with Crippen LogP contribution in [0.2, 0.25) is 0 Å². The molecule has 3 N–H and O–H groups in total. The fourth-order valence-corrected chi connectivity index (χ4v) is 4.61. The largest absolute Gasteiger partial charge is 0.485 e. The van der Waals surface area contributed by atoms with Crippen molar-refractivity contribution in [1.82, 2.24) is 20.5 Å². The van der Waals surface area contributed by atoms with Crippen molar-refractivity contribution in [3.05, 3.63) is 30.3 Å². The molecule has 1 saturated carbocycles. The Morgan fingerprint density at radius 1 is 1.29 bits per heavy atom. The molecule has 2 aliphatic rings. The van der Waals surface area contributed by atoms with E-state index in [0.717, 1.165) is 42.4 Å². The second-order valence-corrected chi connectivity index (χ2v) is 9.12. The lowest BCUT2D eigenvalue weighted by Gasteiger charge is -2.24. The molecule has 31 heavy (non-hydrogen) atoms. The molecule has 0 bridgehead atoms. The number of hydrogen-bond acceptors (Lipinski definition) is 7. The van der Waals surface area contributed by atoms with E-state index < -0.39 is 4.75 Å². The summed E-state index contributed by atoms with van der Waals surface area (Å²) in [6.45, 7) is 1.53. The van der Waals surface area contributed by atoms with Gasteiger partial charge in [-0.25, -0.2) is 4.98 Å². The number of nitrogens with one attached hydrogen (secondary N) is 3. The Morgan fingerprint density at radius 2 is 2.16 bits per heavy atom. The van der Waals surface area contributed by atoms with Crippen molar-refractivity contribution in [2.75, 3.05) is 31.8 Å². The lowest BCUT2D eigenvalue weighted by molar-refractivity contribution is -0.118. The van der Waals surface area contributed by atoms with E-state index in [1.54, 1.807) is 18.9 Å². The Morgan fingerprint density at radius 3 is 2.87 bits per heavy atom. The number of carbonyl (C=O) groups is 1. The van der Waals surface area contributed by atoms with Crippen molar-refractivity contribution in [3.8, 4) is 23.0 Å². The van der Waals surface area contributed by atoms with E-state index in [1.165, 1.54) is 0 Å². The zero-order chi connectivity index (χ0) is 21.4. The maximum atomic E-state index is 13.0. The standard InChI is InChI=1S/C22H25N5O3S/c1-29-20-18(30-14-4-5-14)8-7-17(25-20)19-15-11-13(3-6-16(15)26-27-19)24-21(28)22(31-2)9-10-23-12-22/h3,6-8,11,14,23H,4-5,9-10,12H2,1-2H3,(H,24,28)(H,26,27). The van der Waals surface area contributed by atoms with E-state index in [2.05, 4.69) is 25.8 Å². The minimum absolute atomic E-state index is 0.0239. The average molecular weight is 440 g/mol. The number of benzene rings is 1. The summed E-state index contributed by atoms with van der Waals surface area (Å²) < 4.78 is 10.9. The molecule has 1 amide bonds. The number of carbonyl (C=O) groups excluding carboxylic acids is 1. The van der Waals surface area contributed by atoms with Gasteiger partial charge in [0.15, 0.2) is 5.75 Å². The van der Waals surface area contributed by atoms with Gasteiger partial charge in [-0.15, -0.1) is 11.8 Å². The quantitative estimate of drug-likeness (QED) is 0.520. The molecule has 1 aliphatic carbocycles. The Hall–Kier alpha value is -2.78. The predicted molar refractivity (Wildman–Crippen MR) is 122 cm³/mol. The number of hydrogen-bond donors (Lipinski definition) is 3. The SMILES string of the molecule is COc1nc(-c2n[nH]c3ccc(NC(=O)C4(SC)CCNC4)cc23)ccc1OC1CC1. The third-order valence-electron chi connectivity index (χ3n) is 5.82. The van der Waals surface area contributed by atoms with Crippen LogP contribution in [0.3, 0.4) is 0 Å². The zero-order valence-electron chi connectivity index (χ0n) is 17.5. The van der Waals surface area contributed by atoms with Crippen LogP contribution in [-0.2, 0) is 4.79 Å². The summed E-state index contributed by atoms with van der Waals surface area (Å²) in [7, 11) is 1.58. The Kier molecular flexibility index (Phi) is 5.23. The molecule has 1 atom stereocenters. The minimum Gasteiger partial charge on any atom is -0.485 e. The van der Waals surface area contributed by atoms with Gasteiger partial charge >= 0.3 is 0 Å². The molecular formula is C22H25N5O3S. The van der Waals surface area contributed by atoms with Gasteiger partial charge in [0.1, 0.15) is 10.4 Å². The number of pyridine rings is 1. The van der Waals surface area contributed by atoms with Crippen LogP contribution in [0.1, 0.15) is 19.3 Å². The third-order valence-corrected chi connectivity index (χ3v) is 7.14. The second kappa shape index (κ2) is 8.05. The highest BCUT2D eigenvalue weighted by atomic mass is 32.2. The number of aromatic amines is 1. The number of methoxy groups -OCH3 is 1. The van der Waals surface area contributed by atoms with Crippen molar-refractivity contribution in [2.45, 2.75) is 30.1 Å². The van der Waals surface area contributed by atoms with Gasteiger partial charge in [-0.3, -0.25) is 9.89 Å². The van der Waals surface area contributed by atoms with Crippen LogP contribution in [0.4, 0.5) is 5.69 Å². The van der Waals surface area contributed by atoms with Gasteiger partial charge in [0.2, 0.25) is 5.91 Å². The molecular weight excluding hydrogens is 414 g/mol. The highest BCUT2D eigenvalue weighted by Crippen LogP contribution is 2.36. The maximum Gasteiger partial charge on any atom is 0.257 e. The van der Waals surface area contributed by atoms with E-state index >= 15 is 0 Å². The minimum atomic E-state index is -0.430. The molecule has 1 saturated heterocycles. The van der Waals surface area contributed by atoms with Gasteiger partial charge < -0.3 is 20.1 Å². The zero-order valence-corrected chi connectivity index (χ0v) is 18.3. The number of fused-ring (bicyclic) bond motifs is 1. The van der Waals surface area contributed by atoms with Gasteiger partial charge in [0.25, 0.3) is 5.88 Å². The molecule has 3 heterocycles. The number of nitrogens with zero attached hydrogens (tertiary/aromatic N) is 2. The molecule has 1 unspecified atom stereocenters. The summed E-state index contributed by atoms with van der Waals surface area (Å²) in [6.07, 6.45) is 5.20. The van der Waals surface area contributed by atoms with Crippen molar-refractivity contribution >= 4 is 34.3 Å². The van der Waals surface area contributed by atoms with Crippen LogP contribution in [0.15, 0.2) is 30.3 Å². The summed E-state index contributed by atoms with van der Waals surface area (Å²) in [5.41, 5.74) is 2.98. The lowest BCUT2D eigenvalue weighted by Crippen LogP contribution is -2.41. The molecule has 162 valence electrons. The number of ether oxygens (including phenoxy) is 2. The van der Waals surface area contributed by atoms with Crippen LogP contribution < -0.4 is 20.1 Å².